The lowest BCUT2D eigenvalue weighted by Crippen LogP contribution is -2.49. The summed E-state index contributed by atoms with van der Waals surface area (Å²) in [5, 5.41) is 0. The minimum Gasteiger partial charge on any atom is -0.455 e. The van der Waals surface area contributed by atoms with Crippen molar-refractivity contribution in [2.75, 3.05) is 6.61 Å². The molecule has 0 amide bonds. The molecule has 4 atom stereocenters. The zero-order valence-electron chi connectivity index (χ0n) is 25.2. The Balaban J connectivity index is 1.85. The molecule has 0 radical (unpaired) electrons. The van der Waals surface area contributed by atoms with Gasteiger partial charge in [0, 0.05) is 19.2 Å². The van der Waals surface area contributed by atoms with Gasteiger partial charge in [-0.1, -0.05) is 87.4 Å². The Labute approximate surface area is 253 Å². The third-order valence-corrected chi connectivity index (χ3v) is 12.8. The van der Waals surface area contributed by atoms with Crippen LogP contribution in [0.5, 0.6) is 0 Å². The fraction of sp³-hybridized carbons (Fsp3) is 0.424. The molecule has 1 N–H and O–H groups in total. The minimum absolute atomic E-state index is 0.0116. The first kappa shape index (κ1) is 32.2. The number of benzene rings is 2. The summed E-state index contributed by atoms with van der Waals surface area (Å²) in [6.45, 7) is 8.24. The van der Waals surface area contributed by atoms with Crippen molar-refractivity contribution < 1.29 is 23.7 Å². The van der Waals surface area contributed by atoms with Crippen LogP contribution in [0.1, 0.15) is 45.0 Å². The van der Waals surface area contributed by atoms with E-state index in [9.17, 15) is 14.4 Å². The van der Waals surface area contributed by atoms with Crippen LogP contribution in [0.2, 0.25) is 18.1 Å². The summed E-state index contributed by atoms with van der Waals surface area (Å²) in [6, 6.07) is 23.4. The van der Waals surface area contributed by atoms with E-state index < -0.39 is 49.3 Å². The Morgan fingerprint density at radius 2 is 1.56 bits per heavy atom. The van der Waals surface area contributed by atoms with Crippen molar-refractivity contribution in [2.24, 2.45) is 0 Å². The highest BCUT2D eigenvalue weighted by atomic mass is 28.3. The summed E-state index contributed by atoms with van der Waals surface area (Å²) in [5.41, 5.74) is 2.84. The number of H-pyrrole nitrogens is 1. The van der Waals surface area contributed by atoms with Crippen LogP contribution < -0.4 is 11.2 Å². The van der Waals surface area contributed by atoms with Crippen molar-refractivity contribution in [3.63, 3.8) is 0 Å². The van der Waals surface area contributed by atoms with E-state index in [1.54, 1.807) is 0 Å². The summed E-state index contributed by atoms with van der Waals surface area (Å²) in [7, 11) is -2.00. The fourth-order valence-corrected chi connectivity index (χ4v) is 7.82. The second-order valence-corrected chi connectivity index (χ2v) is 15.7. The van der Waals surface area contributed by atoms with E-state index in [-0.39, 0.29) is 13.2 Å². The second-order valence-electron chi connectivity index (χ2n) is 10.8. The molecule has 0 aliphatic carbocycles. The minimum atomic E-state index is -2.00. The van der Waals surface area contributed by atoms with Crippen LogP contribution in [0.3, 0.4) is 0 Å². The number of aromatic nitrogens is 2. The molecule has 1 aliphatic rings. The number of esters is 1. The van der Waals surface area contributed by atoms with Gasteiger partial charge < -0.3 is 18.9 Å². The number of nitrogens with one attached hydrogen (secondary N) is 1. The molecule has 2 aromatic carbocycles. The zero-order valence-corrected chi connectivity index (χ0v) is 26.2. The first-order chi connectivity index (χ1) is 20.7. The first-order valence-corrected chi connectivity index (χ1v) is 17.3. The van der Waals surface area contributed by atoms with E-state index in [1.165, 1.54) is 23.8 Å². The van der Waals surface area contributed by atoms with Gasteiger partial charge in [0.1, 0.15) is 14.2 Å². The van der Waals surface area contributed by atoms with Crippen LogP contribution in [-0.4, -0.2) is 48.0 Å². The van der Waals surface area contributed by atoms with Gasteiger partial charge in [-0.15, -0.1) is 5.54 Å². The second kappa shape index (κ2) is 14.6. The van der Waals surface area contributed by atoms with Crippen LogP contribution in [0.15, 0.2) is 82.5 Å². The monoisotopic (exact) mass is 604 g/mol. The highest BCUT2D eigenvalue weighted by Gasteiger charge is 2.59. The summed E-state index contributed by atoms with van der Waals surface area (Å²) < 4.78 is 26.6. The molecule has 1 saturated heterocycles. The van der Waals surface area contributed by atoms with Crippen LogP contribution in [0, 0.1) is 11.5 Å². The number of carbonyl (C=O) groups is 1. The van der Waals surface area contributed by atoms with Crippen LogP contribution in [-0.2, 0) is 37.0 Å². The van der Waals surface area contributed by atoms with Crippen molar-refractivity contribution >= 4 is 14.0 Å². The molecule has 1 aliphatic heterocycles. The zero-order chi connectivity index (χ0) is 30.9. The Morgan fingerprint density at radius 3 is 2.12 bits per heavy atom. The normalized spacial score (nSPS) is 21.6. The molecule has 1 aromatic heterocycles. The van der Waals surface area contributed by atoms with Gasteiger partial charge in [-0.2, -0.15) is 0 Å². The fourth-order valence-electron chi connectivity index (χ4n) is 5.31. The Morgan fingerprint density at radius 1 is 0.953 bits per heavy atom. The van der Waals surface area contributed by atoms with Gasteiger partial charge in [0.15, 0.2) is 17.9 Å². The maximum atomic E-state index is 13.0. The Bertz CT molecular complexity index is 1520. The van der Waals surface area contributed by atoms with E-state index >= 15 is 0 Å². The molecule has 2 heterocycles. The molecule has 10 heteroatoms. The van der Waals surface area contributed by atoms with Crippen molar-refractivity contribution in [1.82, 2.24) is 9.55 Å². The van der Waals surface area contributed by atoms with Gasteiger partial charge in [0.05, 0.1) is 19.8 Å². The van der Waals surface area contributed by atoms with Crippen molar-refractivity contribution in [2.45, 2.75) is 83.1 Å². The average Bonchev–Trinajstić information content (AvgIpc) is 3.30. The summed E-state index contributed by atoms with van der Waals surface area (Å²) >= 11 is 0. The quantitative estimate of drug-likeness (QED) is 0.183. The molecule has 1 fully saturated rings. The van der Waals surface area contributed by atoms with Crippen molar-refractivity contribution in [3.05, 3.63) is 105 Å². The van der Waals surface area contributed by atoms with E-state index in [2.05, 4.69) is 37.2 Å². The van der Waals surface area contributed by atoms with Gasteiger partial charge in [-0.25, -0.2) is 4.79 Å². The highest BCUT2D eigenvalue weighted by Crippen LogP contribution is 2.41. The van der Waals surface area contributed by atoms with E-state index in [1.807, 2.05) is 60.7 Å². The molecule has 0 bridgehead atoms. The van der Waals surface area contributed by atoms with E-state index in [0.29, 0.717) is 6.61 Å². The largest absolute Gasteiger partial charge is 0.455 e. The van der Waals surface area contributed by atoms with Crippen LogP contribution in [0.4, 0.5) is 0 Å². The summed E-state index contributed by atoms with van der Waals surface area (Å²) in [5.74, 6) is 2.88. The van der Waals surface area contributed by atoms with E-state index in [0.717, 1.165) is 29.3 Å². The van der Waals surface area contributed by atoms with Crippen LogP contribution in [0.25, 0.3) is 0 Å². The molecule has 4 rings (SSSR count). The predicted molar refractivity (Wildman–Crippen MR) is 166 cm³/mol. The van der Waals surface area contributed by atoms with Gasteiger partial charge >= 0.3 is 11.7 Å². The smallest absolute Gasteiger partial charge is 0.330 e. The third-order valence-electron chi connectivity index (χ3n) is 8.07. The lowest BCUT2D eigenvalue weighted by Gasteiger charge is -2.31. The predicted octanol–water partition coefficient (Wildman–Crippen LogP) is 4.59. The highest BCUT2D eigenvalue weighted by molar-refractivity contribution is 6.87. The number of nitrogens with zero attached hydrogens (tertiary/aromatic N) is 1. The third kappa shape index (κ3) is 7.80. The number of hydrogen-bond donors (Lipinski definition) is 1. The molecule has 9 nitrogen and oxygen atoms in total. The van der Waals surface area contributed by atoms with Crippen LogP contribution >= 0.6 is 0 Å². The Hall–Kier alpha value is -3.75. The molecule has 3 aromatic rings. The average molecular weight is 605 g/mol. The Kier molecular flexibility index (Phi) is 10.9. The maximum absolute atomic E-state index is 13.0. The molecular weight excluding hydrogens is 564 g/mol. The standard InChI is InChI=1S/C33H40N2O7Si/c1-5-43(6-2,7-3)21-19-33(24-39-22-26-14-10-8-11-15-26)30(40-23-27-16-12-9-13-17-27)29(41-25(4)36)31(42-33)35-20-18-28(37)34-32(35)38/h8-18,20,29-31H,5-7,22-24H2,1-4H3,(H,34,37,38)/t29-,30+,31?,33-/m1/s1. The SMILES string of the molecule is CC[Si](C#C[C@]1(COCc2ccccc2)OC(n2ccc(=O)[nH]c2=O)[C@H](OC(C)=O)[C@@H]1OCc1ccccc1)(CC)CC. The van der Waals surface area contributed by atoms with Gasteiger partial charge in [0.2, 0.25) is 0 Å². The number of ether oxygens (including phenoxy) is 4. The molecule has 1 unspecified atom stereocenters. The van der Waals surface area contributed by atoms with Gasteiger partial charge in [-0.05, 0) is 29.3 Å². The lowest BCUT2D eigenvalue weighted by molar-refractivity contribution is -0.158. The molecule has 43 heavy (non-hydrogen) atoms. The van der Waals surface area contributed by atoms with Crippen molar-refractivity contribution in [1.29, 1.82) is 0 Å². The molecule has 0 saturated carbocycles. The van der Waals surface area contributed by atoms with Gasteiger partial charge in [0.25, 0.3) is 5.56 Å². The number of aromatic amines is 1. The topological polar surface area (TPSA) is 109 Å². The molecule has 0 spiro atoms. The number of rotatable bonds is 12. The number of carbonyl (C=O) groups excluding carboxylic acids is 1. The summed E-state index contributed by atoms with van der Waals surface area (Å²) in [4.78, 5) is 39.6. The maximum Gasteiger partial charge on any atom is 0.330 e. The molecule has 228 valence electrons. The first-order valence-electron chi connectivity index (χ1n) is 14.7. The van der Waals surface area contributed by atoms with Gasteiger partial charge in [-0.3, -0.25) is 19.1 Å². The van der Waals surface area contributed by atoms with E-state index in [4.69, 9.17) is 18.9 Å². The van der Waals surface area contributed by atoms with Crippen molar-refractivity contribution in [3.8, 4) is 11.5 Å². The lowest BCUT2D eigenvalue weighted by atomic mass is 9.96. The summed E-state index contributed by atoms with van der Waals surface area (Å²) in [6.07, 6.45) is -1.81. The molecular formula is C33H40N2O7Si. The number of hydrogen-bond acceptors (Lipinski definition) is 7.